The quantitative estimate of drug-likeness (QED) is 0.824. The summed E-state index contributed by atoms with van der Waals surface area (Å²) in [5.41, 5.74) is 4.20. The predicted octanol–water partition coefficient (Wildman–Crippen LogP) is 4.81. The summed E-state index contributed by atoms with van der Waals surface area (Å²) in [6, 6.07) is 13.7. The molecule has 4 heteroatoms. The highest BCUT2D eigenvalue weighted by Gasteiger charge is 2.13. The van der Waals surface area contributed by atoms with Gasteiger partial charge in [-0.2, -0.15) is 0 Å². The Morgan fingerprint density at radius 2 is 1.96 bits per heavy atom. The number of carbonyl (C=O) groups is 1. The van der Waals surface area contributed by atoms with Gasteiger partial charge in [-0.3, -0.25) is 4.79 Å². The number of anilines is 2. The second-order valence-electron chi connectivity index (χ2n) is 5.61. The minimum absolute atomic E-state index is 0.116. The zero-order chi connectivity index (χ0) is 16.8. The fourth-order valence-electron chi connectivity index (χ4n) is 2.52. The first kappa shape index (κ1) is 17.4. The summed E-state index contributed by atoms with van der Waals surface area (Å²) in [7, 11) is 0. The zero-order valence-electron chi connectivity index (χ0n) is 13.9. The molecule has 0 aliphatic carbocycles. The van der Waals surface area contributed by atoms with Crippen LogP contribution in [-0.2, 0) is 4.79 Å². The van der Waals surface area contributed by atoms with E-state index in [1.54, 1.807) is 0 Å². The highest BCUT2D eigenvalue weighted by molar-refractivity contribution is 6.30. The van der Waals surface area contributed by atoms with E-state index in [1.165, 1.54) is 0 Å². The molecule has 0 atom stereocenters. The number of hydrogen-bond acceptors (Lipinski definition) is 2. The lowest BCUT2D eigenvalue weighted by atomic mass is 10.2. The topological polar surface area (TPSA) is 32.3 Å². The van der Waals surface area contributed by atoms with E-state index < -0.39 is 0 Å². The summed E-state index contributed by atoms with van der Waals surface area (Å²) < 4.78 is 0. The van der Waals surface area contributed by atoms with Crippen LogP contribution in [0.15, 0.2) is 42.5 Å². The van der Waals surface area contributed by atoms with Gasteiger partial charge in [0.1, 0.15) is 0 Å². The van der Waals surface area contributed by atoms with E-state index in [4.69, 9.17) is 11.6 Å². The molecule has 0 spiro atoms. The molecule has 2 rings (SSSR count). The third kappa shape index (κ3) is 4.73. The Kier molecular flexibility index (Phi) is 6.05. The van der Waals surface area contributed by atoms with E-state index in [0.717, 1.165) is 22.5 Å². The molecule has 0 radical (unpaired) electrons. The van der Waals surface area contributed by atoms with Crippen molar-refractivity contribution in [3.8, 4) is 0 Å². The van der Waals surface area contributed by atoms with Gasteiger partial charge in [0.05, 0.1) is 0 Å². The second kappa shape index (κ2) is 8.02. The lowest BCUT2D eigenvalue weighted by Gasteiger charge is -2.22. The minimum atomic E-state index is 0.116. The number of hydrogen-bond donors (Lipinski definition) is 1. The number of nitrogens with zero attached hydrogens (tertiary/aromatic N) is 1. The van der Waals surface area contributed by atoms with Crippen molar-refractivity contribution >= 4 is 28.9 Å². The molecule has 122 valence electrons. The van der Waals surface area contributed by atoms with E-state index >= 15 is 0 Å². The van der Waals surface area contributed by atoms with Crippen molar-refractivity contribution in [1.29, 1.82) is 0 Å². The Morgan fingerprint density at radius 3 is 2.65 bits per heavy atom. The molecule has 1 N–H and O–H groups in total. The molecule has 0 heterocycles. The van der Waals surface area contributed by atoms with Gasteiger partial charge in [-0.25, -0.2) is 0 Å². The van der Waals surface area contributed by atoms with Gasteiger partial charge in [0, 0.05) is 35.9 Å². The largest absolute Gasteiger partial charge is 0.384 e. The average Bonchev–Trinajstić information content (AvgIpc) is 2.51. The molecular weight excluding hydrogens is 308 g/mol. The van der Waals surface area contributed by atoms with Gasteiger partial charge in [-0.1, -0.05) is 29.8 Å². The van der Waals surface area contributed by atoms with Gasteiger partial charge < -0.3 is 10.2 Å². The van der Waals surface area contributed by atoms with Crippen LogP contribution in [-0.4, -0.2) is 19.0 Å². The van der Waals surface area contributed by atoms with Crippen LogP contribution in [0, 0.1) is 13.8 Å². The Hall–Kier alpha value is -2.00. The van der Waals surface area contributed by atoms with Gasteiger partial charge in [-0.05, 0) is 56.2 Å². The maximum absolute atomic E-state index is 12.5. The first-order valence-electron chi connectivity index (χ1n) is 7.88. The number of rotatable bonds is 6. The van der Waals surface area contributed by atoms with Crippen LogP contribution in [0.2, 0.25) is 5.02 Å². The molecule has 0 aliphatic rings. The first-order valence-corrected chi connectivity index (χ1v) is 8.26. The lowest BCUT2D eigenvalue weighted by molar-refractivity contribution is -0.118. The Labute approximate surface area is 143 Å². The highest BCUT2D eigenvalue weighted by Crippen LogP contribution is 2.20. The molecule has 0 saturated carbocycles. The zero-order valence-corrected chi connectivity index (χ0v) is 14.7. The van der Waals surface area contributed by atoms with Crippen molar-refractivity contribution in [2.45, 2.75) is 27.2 Å². The van der Waals surface area contributed by atoms with Crippen molar-refractivity contribution in [2.24, 2.45) is 0 Å². The lowest BCUT2D eigenvalue weighted by Crippen LogP contribution is -2.31. The second-order valence-corrected chi connectivity index (χ2v) is 6.05. The first-order chi connectivity index (χ1) is 11.0. The number of halogens is 1. The van der Waals surface area contributed by atoms with Crippen LogP contribution in [0.3, 0.4) is 0 Å². The number of amides is 1. The van der Waals surface area contributed by atoms with Crippen molar-refractivity contribution < 1.29 is 4.79 Å². The van der Waals surface area contributed by atoms with Gasteiger partial charge in [0.15, 0.2) is 0 Å². The molecule has 0 aromatic heterocycles. The molecule has 3 nitrogen and oxygen atoms in total. The molecule has 0 aliphatic heterocycles. The number of carbonyl (C=O) groups excluding carboxylic acids is 1. The summed E-state index contributed by atoms with van der Waals surface area (Å²) in [6.45, 7) is 7.30. The molecular formula is C19H23ClN2O. The Morgan fingerprint density at radius 1 is 1.17 bits per heavy atom. The highest BCUT2D eigenvalue weighted by atomic mass is 35.5. The van der Waals surface area contributed by atoms with Crippen LogP contribution in [0.25, 0.3) is 0 Å². The van der Waals surface area contributed by atoms with E-state index in [-0.39, 0.29) is 5.91 Å². The minimum Gasteiger partial charge on any atom is -0.384 e. The molecule has 0 saturated heterocycles. The van der Waals surface area contributed by atoms with Crippen LogP contribution >= 0.6 is 11.6 Å². The fourth-order valence-corrected chi connectivity index (χ4v) is 2.69. The van der Waals surface area contributed by atoms with E-state index in [9.17, 15) is 4.79 Å². The van der Waals surface area contributed by atoms with E-state index in [1.807, 2.05) is 68.1 Å². The van der Waals surface area contributed by atoms with Gasteiger partial charge in [-0.15, -0.1) is 0 Å². The number of nitrogens with one attached hydrogen (secondary N) is 1. The fraction of sp³-hybridized carbons (Fsp3) is 0.316. The maximum atomic E-state index is 12.5. The monoisotopic (exact) mass is 330 g/mol. The van der Waals surface area contributed by atoms with Crippen molar-refractivity contribution in [2.75, 3.05) is 23.3 Å². The number of benzene rings is 2. The molecule has 2 aromatic rings. The maximum Gasteiger partial charge on any atom is 0.228 e. The van der Waals surface area contributed by atoms with Crippen LogP contribution in [0.4, 0.5) is 11.4 Å². The predicted molar refractivity (Wildman–Crippen MR) is 98.5 cm³/mol. The van der Waals surface area contributed by atoms with Crippen LogP contribution in [0.1, 0.15) is 24.5 Å². The third-order valence-corrected chi connectivity index (χ3v) is 4.02. The summed E-state index contributed by atoms with van der Waals surface area (Å²) >= 11 is 6.01. The third-order valence-electron chi connectivity index (χ3n) is 3.78. The smallest absolute Gasteiger partial charge is 0.228 e. The SMILES string of the molecule is CCN(C(=O)CCNc1cc(Cl)ccc1C)c1cccc(C)c1. The van der Waals surface area contributed by atoms with Crippen LogP contribution < -0.4 is 10.2 Å². The van der Waals surface area contributed by atoms with Gasteiger partial charge in [0.25, 0.3) is 0 Å². The molecule has 0 bridgehead atoms. The van der Waals surface area contributed by atoms with Gasteiger partial charge >= 0.3 is 0 Å². The summed E-state index contributed by atoms with van der Waals surface area (Å²) in [4.78, 5) is 14.3. The summed E-state index contributed by atoms with van der Waals surface area (Å²) in [5.74, 6) is 0.116. The van der Waals surface area contributed by atoms with Gasteiger partial charge in [0.2, 0.25) is 5.91 Å². The summed E-state index contributed by atoms with van der Waals surface area (Å²) in [6.07, 6.45) is 0.438. The molecule has 0 fully saturated rings. The normalized spacial score (nSPS) is 10.4. The molecule has 2 aromatic carbocycles. The van der Waals surface area contributed by atoms with Crippen molar-refractivity contribution in [3.63, 3.8) is 0 Å². The number of aryl methyl sites for hydroxylation is 2. The summed E-state index contributed by atoms with van der Waals surface area (Å²) in [5, 5.41) is 3.99. The Bertz CT molecular complexity index is 685. The van der Waals surface area contributed by atoms with E-state index in [2.05, 4.69) is 5.32 Å². The molecule has 23 heavy (non-hydrogen) atoms. The van der Waals surface area contributed by atoms with Crippen LogP contribution in [0.5, 0.6) is 0 Å². The van der Waals surface area contributed by atoms with Crippen molar-refractivity contribution in [1.82, 2.24) is 0 Å². The molecule has 0 unspecified atom stereocenters. The standard InChI is InChI=1S/C19H23ClN2O/c1-4-22(17-7-5-6-14(2)12-17)19(23)10-11-21-18-13-16(20)9-8-15(18)3/h5-9,12-13,21H,4,10-11H2,1-3H3. The van der Waals surface area contributed by atoms with E-state index in [0.29, 0.717) is 24.5 Å². The van der Waals surface area contributed by atoms with Crippen molar-refractivity contribution in [3.05, 3.63) is 58.6 Å². The Balaban J connectivity index is 1.96. The molecule has 1 amide bonds. The average molecular weight is 331 g/mol.